The lowest BCUT2D eigenvalue weighted by Crippen LogP contribution is -2.33. The van der Waals surface area contributed by atoms with Gasteiger partial charge in [0.1, 0.15) is 12.3 Å². The average Bonchev–Trinajstić information content (AvgIpc) is 2.14. The van der Waals surface area contributed by atoms with Gasteiger partial charge in [-0.05, 0) is 13.3 Å². The zero-order chi connectivity index (χ0) is 12.1. The van der Waals surface area contributed by atoms with Crippen LogP contribution in [0.5, 0.6) is 0 Å². The summed E-state index contributed by atoms with van der Waals surface area (Å²) in [6, 6.07) is 0. The van der Waals surface area contributed by atoms with Crippen molar-refractivity contribution in [2.24, 2.45) is 0 Å². The van der Waals surface area contributed by atoms with Gasteiger partial charge in [-0.15, -0.1) is 0 Å². The van der Waals surface area contributed by atoms with Gasteiger partial charge in [-0.25, -0.2) is 0 Å². The molecule has 0 aliphatic heterocycles. The van der Waals surface area contributed by atoms with Crippen LogP contribution in [0, 0.1) is 0 Å². The van der Waals surface area contributed by atoms with Gasteiger partial charge in [0.15, 0.2) is 0 Å². The van der Waals surface area contributed by atoms with Crippen LogP contribution in [0.25, 0.3) is 0 Å². The van der Waals surface area contributed by atoms with E-state index in [0.29, 0.717) is 0 Å². The molecule has 0 aromatic carbocycles. The van der Waals surface area contributed by atoms with Gasteiger partial charge in [-0.3, -0.25) is 4.79 Å². The van der Waals surface area contributed by atoms with Crippen molar-refractivity contribution < 1.29 is 22.7 Å². The second-order valence-corrected chi connectivity index (χ2v) is 3.01. The number of rotatable bonds is 5. The van der Waals surface area contributed by atoms with Crippen molar-refractivity contribution in [1.82, 2.24) is 5.32 Å². The van der Waals surface area contributed by atoms with E-state index >= 15 is 0 Å². The Hall–Kier alpha value is -1.04. The monoisotopic (exact) mass is 225 g/mol. The van der Waals surface area contributed by atoms with E-state index in [9.17, 15) is 18.0 Å². The molecule has 0 radical (unpaired) electrons. The predicted molar refractivity (Wildman–Crippen MR) is 49.0 cm³/mol. The lowest BCUT2D eigenvalue weighted by molar-refractivity contribution is -0.132. The Bertz CT molecular complexity index is 238. The highest BCUT2D eigenvalue weighted by molar-refractivity contribution is 5.93. The number of carbonyl (C=O) groups is 1. The van der Waals surface area contributed by atoms with Crippen molar-refractivity contribution >= 4 is 5.91 Å². The molecule has 0 saturated carbocycles. The standard InChI is InChI=1S/C9H14F3NO2/c1-4-6(2)15-5-13-8(14)7(3)9(10,11)12/h6H,3-5H2,1-2H3,(H,13,14). The maximum absolute atomic E-state index is 12.0. The molecule has 0 bridgehead atoms. The Kier molecular flexibility index (Phi) is 5.35. The molecule has 1 unspecified atom stereocenters. The van der Waals surface area contributed by atoms with Crippen LogP contribution in [0.3, 0.4) is 0 Å². The van der Waals surface area contributed by atoms with E-state index in [2.05, 4.69) is 6.58 Å². The molecule has 0 fully saturated rings. The summed E-state index contributed by atoms with van der Waals surface area (Å²) in [5, 5.41) is 1.97. The van der Waals surface area contributed by atoms with Crippen molar-refractivity contribution in [2.75, 3.05) is 6.73 Å². The summed E-state index contributed by atoms with van der Waals surface area (Å²) in [6.07, 6.45) is -4.08. The molecule has 88 valence electrons. The Morgan fingerprint density at radius 2 is 2.07 bits per heavy atom. The number of nitrogens with one attached hydrogen (secondary N) is 1. The Labute approximate surface area is 86.3 Å². The summed E-state index contributed by atoms with van der Waals surface area (Å²) in [5.41, 5.74) is -1.42. The molecule has 15 heavy (non-hydrogen) atoms. The van der Waals surface area contributed by atoms with Crippen LogP contribution < -0.4 is 5.32 Å². The molecule has 0 saturated heterocycles. The quantitative estimate of drug-likeness (QED) is 0.574. The smallest absolute Gasteiger partial charge is 0.358 e. The first kappa shape index (κ1) is 14.0. The van der Waals surface area contributed by atoms with Crippen LogP contribution in [0.15, 0.2) is 12.2 Å². The number of hydrogen-bond donors (Lipinski definition) is 1. The Morgan fingerprint density at radius 3 is 2.47 bits per heavy atom. The van der Waals surface area contributed by atoms with Gasteiger partial charge in [0, 0.05) is 0 Å². The minimum Gasteiger partial charge on any atom is -0.358 e. The normalized spacial score (nSPS) is 13.4. The zero-order valence-corrected chi connectivity index (χ0v) is 8.65. The first-order chi connectivity index (χ1) is 6.79. The summed E-state index contributed by atoms with van der Waals surface area (Å²) in [7, 11) is 0. The fourth-order valence-corrected chi connectivity index (χ4v) is 0.603. The van der Waals surface area contributed by atoms with Crippen LogP contribution in [0.2, 0.25) is 0 Å². The van der Waals surface area contributed by atoms with E-state index in [0.717, 1.165) is 6.42 Å². The third-order valence-corrected chi connectivity index (χ3v) is 1.79. The van der Waals surface area contributed by atoms with Crippen molar-refractivity contribution in [1.29, 1.82) is 0 Å². The highest BCUT2D eigenvalue weighted by atomic mass is 19.4. The molecule has 3 nitrogen and oxygen atoms in total. The minimum atomic E-state index is -4.69. The van der Waals surface area contributed by atoms with Crippen LogP contribution in [0.4, 0.5) is 13.2 Å². The molecule has 0 rings (SSSR count). The molecule has 6 heteroatoms. The van der Waals surface area contributed by atoms with Crippen molar-refractivity contribution in [3.05, 3.63) is 12.2 Å². The number of halogens is 3. The fraction of sp³-hybridized carbons (Fsp3) is 0.667. The number of alkyl halides is 3. The minimum absolute atomic E-state index is 0.107. The van der Waals surface area contributed by atoms with Gasteiger partial charge in [0.25, 0.3) is 5.91 Å². The highest BCUT2D eigenvalue weighted by Crippen LogP contribution is 2.23. The average molecular weight is 225 g/mol. The van der Waals surface area contributed by atoms with Gasteiger partial charge in [-0.1, -0.05) is 13.5 Å². The van der Waals surface area contributed by atoms with E-state index in [1.807, 2.05) is 12.2 Å². The summed E-state index contributed by atoms with van der Waals surface area (Å²) in [6.45, 7) is 6.02. The summed E-state index contributed by atoms with van der Waals surface area (Å²) in [4.78, 5) is 10.8. The molecule has 0 spiro atoms. The largest absolute Gasteiger partial charge is 0.421 e. The number of carbonyl (C=O) groups excluding carboxylic acids is 1. The van der Waals surface area contributed by atoms with E-state index < -0.39 is 17.7 Å². The lowest BCUT2D eigenvalue weighted by atomic mass is 10.3. The number of amides is 1. The van der Waals surface area contributed by atoms with Gasteiger partial charge in [0.05, 0.1) is 6.10 Å². The Balaban J connectivity index is 3.91. The highest BCUT2D eigenvalue weighted by Gasteiger charge is 2.36. The van der Waals surface area contributed by atoms with Crippen LogP contribution in [0.1, 0.15) is 20.3 Å². The van der Waals surface area contributed by atoms with Crippen molar-refractivity contribution in [3.8, 4) is 0 Å². The molecule has 0 heterocycles. The maximum Gasteiger partial charge on any atom is 0.421 e. The molecule has 0 aliphatic carbocycles. The van der Waals surface area contributed by atoms with Gasteiger partial charge in [0.2, 0.25) is 0 Å². The molecule has 0 aromatic rings. The van der Waals surface area contributed by atoms with Gasteiger partial charge >= 0.3 is 6.18 Å². The predicted octanol–water partition coefficient (Wildman–Crippen LogP) is 1.99. The lowest BCUT2D eigenvalue weighted by Gasteiger charge is -2.13. The third kappa shape index (κ3) is 5.41. The van der Waals surface area contributed by atoms with E-state index in [1.165, 1.54) is 0 Å². The number of hydrogen-bond acceptors (Lipinski definition) is 2. The molecule has 1 N–H and O–H groups in total. The van der Waals surface area contributed by atoms with E-state index in [4.69, 9.17) is 4.74 Å². The summed E-state index contributed by atoms with van der Waals surface area (Å²) >= 11 is 0. The molecular weight excluding hydrogens is 211 g/mol. The van der Waals surface area contributed by atoms with Crippen molar-refractivity contribution in [2.45, 2.75) is 32.5 Å². The first-order valence-corrected chi connectivity index (χ1v) is 4.45. The van der Waals surface area contributed by atoms with Crippen LogP contribution >= 0.6 is 0 Å². The van der Waals surface area contributed by atoms with Crippen LogP contribution in [-0.2, 0) is 9.53 Å². The topological polar surface area (TPSA) is 38.3 Å². The van der Waals surface area contributed by atoms with Crippen LogP contribution in [-0.4, -0.2) is 24.9 Å². The summed E-state index contributed by atoms with van der Waals surface area (Å²) in [5.74, 6) is -1.26. The van der Waals surface area contributed by atoms with Gasteiger partial charge in [-0.2, -0.15) is 13.2 Å². The van der Waals surface area contributed by atoms with Gasteiger partial charge < -0.3 is 10.1 Å². The first-order valence-electron chi connectivity index (χ1n) is 4.45. The molecular formula is C9H14F3NO2. The number of ether oxygens (including phenoxy) is 1. The zero-order valence-electron chi connectivity index (χ0n) is 8.65. The molecule has 1 atom stereocenters. The fourth-order valence-electron chi connectivity index (χ4n) is 0.603. The van der Waals surface area contributed by atoms with Crippen molar-refractivity contribution in [3.63, 3.8) is 0 Å². The molecule has 0 aliphatic rings. The maximum atomic E-state index is 12.0. The van der Waals surface area contributed by atoms with E-state index in [1.54, 1.807) is 6.92 Å². The molecule has 1 amide bonds. The Morgan fingerprint density at radius 1 is 1.53 bits per heavy atom. The van der Waals surface area contributed by atoms with E-state index in [-0.39, 0.29) is 12.8 Å². The second kappa shape index (κ2) is 5.75. The second-order valence-electron chi connectivity index (χ2n) is 3.01. The summed E-state index contributed by atoms with van der Waals surface area (Å²) < 4.78 is 40.8. The molecule has 0 aromatic heterocycles. The third-order valence-electron chi connectivity index (χ3n) is 1.79. The SMILES string of the molecule is C=C(C(=O)NCOC(C)CC)C(F)(F)F.